The van der Waals surface area contributed by atoms with Gasteiger partial charge in [-0.2, -0.15) is 0 Å². The molecule has 3 aromatic carbocycles. The van der Waals surface area contributed by atoms with Crippen LogP contribution in [0, 0.1) is 0 Å². The summed E-state index contributed by atoms with van der Waals surface area (Å²) in [6, 6.07) is 31.6. The van der Waals surface area contributed by atoms with Gasteiger partial charge in [0.25, 0.3) is 0 Å². The molecule has 0 amide bonds. The van der Waals surface area contributed by atoms with E-state index in [1.807, 2.05) is 36.4 Å². The highest BCUT2D eigenvalue weighted by molar-refractivity contribution is 7.98. The number of allylic oxidation sites excluding steroid dienone is 5. The number of hydrogen-bond donors (Lipinski definition) is 0. The first-order chi connectivity index (χ1) is 13.8. The number of rotatable bonds is 4. The zero-order chi connectivity index (χ0) is 19.2. The molecule has 1 aliphatic carbocycles. The molecular formula is C26H21OP. The van der Waals surface area contributed by atoms with Crippen LogP contribution < -0.4 is 21.0 Å². The highest BCUT2D eigenvalue weighted by Gasteiger charge is 2.43. The maximum atomic E-state index is 12.8. The molecular weight excluding hydrogens is 359 g/mol. The third-order valence-electron chi connectivity index (χ3n) is 4.85. The Morgan fingerprint density at radius 2 is 1.04 bits per heavy atom. The van der Waals surface area contributed by atoms with Crippen molar-refractivity contribution in [2.24, 2.45) is 0 Å². The Kier molecular flexibility index (Phi) is 5.37. The van der Waals surface area contributed by atoms with Crippen molar-refractivity contribution in [3.8, 4) is 0 Å². The first-order valence-corrected chi connectivity index (χ1v) is 11.2. The zero-order valence-corrected chi connectivity index (χ0v) is 16.4. The van der Waals surface area contributed by atoms with Crippen LogP contribution >= 0.6 is 7.26 Å². The Hall–Kier alpha value is -3.15. The Morgan fingerprint density at radius 1 is 0.571 bits per heavy atom. The SMILES string of the molecule is [O-]C1=CC=CC=C/C1=C\[P+](c1ccccc1)(c1ccccc1)c1ccccc1. The minimum Gasteiger partial charge on any atom is -0.872 e. The van der Waals surface area contributed by atoms with Gasteiger partial charge in [0.05, 0.1) is 5.82 Å². The van der Waals surface area contributed by atoms with Crippen LogP contribution in [0.25, 0.3) is 0 Å². The maximum Gasteiger partial charge on any atom is 0.137 e. The van der Waals surface area contributed by atoms with Crippen LogP contribution in [0.2, 0.25) is 0 Å². The summed E-state index contributed by atoms with van der Waals surface area (Å²) in [7, 11) is -2.16. The monoisotopic (exact) mass is 380 g/mol. The van der Waals surface area contributed by atoms with Gasteiger partial charge in [-0.3, -0.25) is 0 Å². The quantitative estimate of drug-likeness (QED) is 0.621. The summed E-state index contributed by atoms with van der Waals surface area (Å²) >= 11 is 0. The predicted molar refractivity (Wildman–Crippen MR) is 120 cm³/mol. The van der Waals surface area contributed by atoms with E-state index in [-0.39, 0.29) is 5.76 Å². The summed E-state index contributed by atoms with van der Waals surface area (Å²) in [5, 5.41) is 16.5. The lowest BCUT2D eigenvalue weighted by atomic mass is 10.2. The van der Waals surface area contributed by atoms with Gasteiger partial charge in [-0.05, 0) is 36.4 Å². The highest BCUT2D eigenvalue weighted by Crippen LogP contribution is 2.58. The minimum atomic E-state index is -2.16. The molecule has 0 atom stereocenters. The summed E-state index contributed by atoms with van der Waals surface area (Å²) in [4.78, 5) is 0. The van der Waals surface area contributed by atoms with Crippen molar-refractivity contribution < 1.29 is 5.11 Å². The van der Waals surface area contributed by atoms with Gasteiger partial charge in [-0.1, -0.05) is 90.7 Å². The second-order valence-electron chi connectivity index (χ2n) is 6.59. The molecule has 0 radical (unpaired) electrons. The van der Waals surface area contributed by atoms with E-state index in [9.17, 15) is 5.11 Å². The highest BCUT2D eigenvalue weighted by atomic mass is 31.2. The van der Waals surface area contributed by atoms with Crippen molar-refractivity contribution in [2.75, 3.05) is 0 Å². The smallest absolute Gasteiger partial charge is 0.137 e. The standard InChI is InChI=1S/C26H21OP/c27-26-20-12-1-5-13-22(26)21-28(23-14-6-2-7-15-23,24-16-8-3-9-17-24)25-18-10-4-11-19-25/h1-21H/b22-21+. The van der Waals surface area contributed by atoms with Crippen molar-refractivity contribution in [2.45, 2.75) is 0 Å². The fourth-order valence-corrected chi connectivity index (χ4v) is 7.42. The molecule has 1 aliphatic rings. The average molecular weight is 380 g/mol. The normalized spacial score (nSPS) is 15.3. The van der Waals surface area contributed by atoms with E-state index < -0.39 is 7.26 Å². The van der Waals surface area contributed by atoms with E-state index in [1.165, 1.54) is 15.9 Å². The van der Waals surface area contributed by atoms with Crippen molar-refractivity contribution >= 4 is 23.2 Å². The molecule has 0 spiro atoms. The molecule has 3 aromatic rings. The summed E-state index contributed by atoms with van der Waals surface area (Å²) < 4.78 is 0. The maximum absolute atomic E-state index is 12.8. The van der Waals surface area contributed by atoms with Gasteiger partial charge in [-0.15, -0.1) is 0 Å². The van der Waals surface area contributed by atoms with E-state index in [4.69, 9.17) is 0 Å². The average Bonchev–Trinajstić information content (AvgIpc) is 2.98. The van der Waals surface area contributed by atoms with Crippen LogP contribution in [0.3, 0.4) is 0 Å². The first-order valence-electron chi connectivity index (χ1n) is 9.31. The molecule has 28 heavy (non-hydrogen) atoms. The van der Waals surface area contributed by atoms with Crippen molar-refractivity contribution in [1.29, 1.82) is 0 Å². The van der Waals surface area contributed by atoms with Crippen LogP contribution in [0.15, 0.2) is 139 Å². The third kappa shape index (κ3) is 3.50. The van der Waals surface area contributed by atoms with Gasteiger partial charge in [0.15, 0.2) is 0 Å². The molecule has 0 aliphatic heterocycles. The molecule has 0 saturated carbocycles. The summed E-state index contributed by atoms with van der Waals surface area (Å²) in [5.74, 6) is 2.26. The fraction of sp³-hybridized carbons (Fsp3) is 0. The van der Waals surface area contributed by atoms with Crippen molar-refractivity contribution in [3.63, 3.8) is 0 Å². The van der Waals surface area contributed by atoms with Crippen LogP contribution in [0.5, 0.6) is 0 Å². The van der Waals surface area contributed by atoms with E-state index in [0.29, 0.717) is 0 Å². The van der Waals surface area contributed by atoms with Crippen LogP contribution in [0.4, 0.5) is 0 Å². The van der Waals surface area contributed by atoms with Gasteiger partial charge in [0.2, 0.25) is 0 Å². The molecule has 0 saturated heterocycles. The largest absolute Gasteiger partial charge is 0.872 e. The van der Waals surface area contributed by atoms with Gasteiger partial charge in [0, 0.05) is 5.57 Å². The molecule has 0 bridgehead atoms. The van der Waals surface area contributed by atoms with Gasteiger partial charge in [0.1, 0.15) is 23.2 Å². The molecule has 4 rings (SSSR count). The molecule has 0 fully saturated rings. The van der Waals surface area contributed by atoms with Crippen LogP contribution in [-0.2, 0) is 0 Å². The van der Waals surface area contributed by atoms with E-state index >= 15 is 0 Å². The van der Waals surface area contributed by atoms with Crippen LogP contribution in [0.1, 0.15) is 0 Å². The summed E-state index contributed by atoms with van der Waals surface area (Å²) in [6.45, 7) is 0. The minimum absolute atomic E-state index is 0.0390. The lowest BCUT2D eigenvalue weighted by molar-refractivity contribution is -0.296. The molecule has 0 N–H and O–H groups in total. The van der Waals surface area contributed by atoms with Gasteiger partial charge >= 0.3 is 0 Å². The van der Waals surface area contributed by atoms with Crippen molar-refractivity contribution in [3.05, 3.63) is 139 Å². The Morgan fingerprint density at radius 3 is 1.50 bits per heavy atom. The van der Waals surface area contributed by atoms with E-state index in [1.54, 1.807) is 12.2 Å². The molecule has 0 heterocycles. The van der Waals surface area contributed by atoms with Crippen LogP contribution in [-0.4, -0.2) is 0 Å². The van der Waals surface area contributed by atoms with Gasteiger partial charge in [-0.25, -0.2) is 0 Å². The van der Waals surface area contributed by atoms with E-state index in [2.05, 4.69) is 78.6 Å². The van der Waals surface area contributed by atoms with E-state index in [0.717, 1.165) is 5.57 Å². The second-order valence-corrected chi connectivity index (χ2v) is 9.84. The predicted octanol–water partition coefficient (Wildman–Crippen LogP) is 4.23. The number of benzene rings is 3. The molecule has 1 nitrogen and oxygen atoms in total. The number of hydrogen-bond acceptors (Lipinski definition) is 1. The Balaban J connectivity index is 2.08. The topological polar surface area (TPSA) is 23.1 Å². The fourth-order valence-electron chi connectivity index (χ4n) is 3.52. The Bertz CT molecular complexity index is 949. The summed E-state index contributed by atoms with van der Waals surface area (Å²) in [5.41, 5.74) is 0.731. The molecule has 2 heteroatoms. The lowest BCUT2D eigenvalue weighted by Gasteiger charge is -2.26. The molecule has 136 valence electrons. The Labute approximate surface area is 167 Å². The second kappa shape index (κ2) is 8.25. The zero-order valence-electron chi connectivity index (χ0n) is 15.5. The van der Waals surface area contributed by atoms with Crippen molar-refractivity contribution in [1.82, 2.24) is 0 Å². The van der Waals surface area contributed by atoms with Gasteiger partial charge < -0.3 is 5.11 Å². The lowest BCUT2D eigenvalue weighted by Crippen LogP contribution is -2.30. The first kappa shape index (κ1) is 18.2. The molecule has 0 unspecified atom stereocenters. The third-order valence-corrected chi connectivity index (χ3v) is 8.86. The summed E-state index contributed by atoms with van der Waals surface area (Å²) in [6.07, 6.45) is 9.19. The molecule has 0 aromatic heterocycles.